The van der Waals surface area contributed by atoms with Gasteiger partial charge in [-0.15, -0.1) is 0 Å². The van der Waals surface area contributed by atoms with Crippen LogP contribution in [0.5, 0.6) is 5.75 Å². The molecule has 4 atom stereocenters. The zero-order valence-electron chi connectivity index (χ0n) is 29.8. The van der Waals surface area contributed by atoms with Crippen molar-refractivity contribution in [3.8, 4) is 5.75 Å². The van der Waals surface area contributed by atoms with Gasteiger partial charge < -0.3 is 10.1 Å². The molecule has 0 spiro atoms. The van der Waals surface area contributed by atoms with Crippen molar-refractivity contribution in [1.82, 2.24) is 14.9 Å². The average Bonchev–Trinajstić information content (AvgIpc) is 3.77. The van der Waals surface area contributed by atoms with E-state index >= 15 is 0 Å². The highest BCUT2D eigenvalue weighted by molar-refractivity contribution is 7.90. The van der Waals surface area contributed by atoms with Crippen LogP contribution in [0.25, 0.3) is 6.08 Å². The summed E-state index contributed by atoms with van der Waals surface area (Å²) in [5.74, 6) is -1.57. The molecule has 2 fully saturated rings. The van der Waals surface area contributed by atoms with Crippen molar-refractivity contribution in [3.05, 3.63) is 148 Å². The molecule has 4 aromatic carbocycles. The number of fused-ring (bicyclic) bond motifs is 1. The van der Waals surface area contributed by atoms with E-state index in [-0.39, 0.29) is 29.7 Å². The molecule has 1 heterocycles. The predicted octanol–water partition coefficient (Wildman–Crippen LogP) is 7.13. The third-order valence-corrected chi connectivity index (χ3v) is 12.3. The monoisotopic (exact) mass is 749 g/mol. The Kier molecular flexibility index (Phi) is 10.6. The van der Waals surface area contributed by atoms with Gasteiger partial charge in [-0.25, -0.2) is 13.1 Å². The lowest BCUT2D eigenvalue weighted by atomic mass is 9.88. The van der Waals surface area contributed by atoms with Crippen LogP contribution in [0.1, 0.15) is 47.6 Å². The van der Waals surface area contributed by atoms with Crippen LogP contribution in [0, 0.1) is 17.8 Å². The quantitative estimate of drug-likeness (QED) is 0.141. The smallest absolute Gasteiger partial charge is 0.264 e. The zero-order chi connectivity index (χ0) is 37.2. The number of hydrogen-bond acceptors (Lipinski definition) is 6. The highest BCUT2D eigenvalue weighted by Gasteiger charge is 2.62. The topological polar surface area (TPSA) is 105 Å². The van der Waals surface area contributed by atoms with Gasteiger partial charge in [0.1, 0.15) is 17.9 Å². The molecule has 0 unspecified atom stereocenters. The van der Waals surface area contributed by atoms with E-state index < -0.39 is 33.3 Å². The first-order chi connectivity index (χ1) is 25.5. The van der Waals surface area contributed by atoms with Crippen LogP contribution >= 0.6 is 11.6 Å². The Hall–Kier alpha value is -4.70. The molecule has 7 rings (SSSR count). The van der Waals surface area contributed by atoms with Crippen LogP contribution in [0.3, 0.4) is 0 Å². The molecule has 1 saturated carbocycles. The molecule has 0 radical (unpaired) electrons. The van der Waals surface area contributed by atoms with Gasteiger partial charge in [0.25, 0.3) is 15.9 Å². The first kappa shape index (κ1) is 36.6. The molecule has 1 saturated heterocycles. The minimum Gasteiger partial charge on any atom is -0.489 e. The van der Waals surface area contributed by atoms with E-state index in [1.165, 1.54) is 28.8 Å². The lowest BCUT2D eigenvalue weighted by molar-refractivity contribution is -0.132. The number of benzene rings is 4. The fourth-order valence-electron chi connectivity index (χ4n) is 7.82. The second-order valence-corrected chi connectivity index (χ2v) is 16.7. The van der Waals surface area contributed by atoms with Gasteiger partial charge in [-0.05, 0) is 90.6 Å². The van der Waals surface area contributed by atoms with Crippen LogP contribution < -0.4 is 14.8 Å². The maximum absolute atomic E-state index is 14.4. The van der Waals surface area contributed by atoms with Crippen molar-refractivity contribution in [2.75, 3.05) is 13.1 Å². The molecule has 0 bridgehead atoms. The summed E-state index contributed by atoms with van der Waals surface area (Å²) in [6, 6.07) is 29.7. The minimum absolute atomic E-state index is 0.0416. The van der Waals surface area contributed by atoms with E-state index in [9.17, 15) is 18.0 Å². The molecule has 2 amide bonds. The lowest BCUT2D eigenvalue weighted by Crippen LogP contribution is -2.54. The summed E-state index contributed by atoms with van der Waals surface area (Å²) in [6.45, 7) is 8.03. The summed E-state index contributed by atoms with van der Waals surface area (Å²) in [7, 11) is -4.30. The van der Waals surface area contributed by atoms with Crippen LogP contribution in [-0.4, -0.2) is 43.8 Å². The summed E-state index contributed by atoms with van der Waals surface area (Å²) >= 11 is 6.19. The largest absolute Gasteiger partial charge is 0.489 e. The van der Waals surface area contributed by atoms with Crippen molar-refractivity contribution in [3.63, 3.8) is 0 Å². The number of amides is 2. The van der Waals surface area contributed by atoms with Gasteiger partial charge in [-0.2, -0.15) is 0 Å². The number of nitrogens with one attached hydrogen (secondary N) is 2. The lowest BCUT2D eigenvalue weighted by Gasteiger charge is -2.24. The van der Waals surface area contributed by atoms with Gasteiger partial charge in [-0.1, -0.05) is 103 Å². The third kappa shape index (κ3) is 8.28. The molecule has 2 N–H and O–H groups in total. The fraction of sp³-hybridized carbons (Fsp3) is 0.302. The fourth-order valence-corrected chi connectivity index (χ4v) is 9.02. The van der Waals surface area contributed by atoms with Crippen LogP contribution in [0.4, 0.5) is 0 Å². The molecule has 2 aliphatic carbocycles. The number of carbonyl (C=O) groups is 2. The molecule has 8 nitrogen and oxygen atoms in total. The number of hydrogen-bond donors (Lipinski definition) is 2. The minimum atomic E-state index is -4.30. The summed E-state index contributed by atoms with van der Waals surface area (Å²) in [6.07, 6.45) is 7.30. The second kappa shape index (κ2) is 15.3. The van der Waals surface area contributed by atoms with Gasteiger partial charge >= 0.3 is 0 Å². The van der Waals surface area contributed by atoms with E-state index in [0.29, 0.717) is 42.4 Å². The van der Waals surface area contributed by atoms with E-state index in [1.807, 2.05) is 54.6 Å². The number of likely N-dealkylation sites (tertiary alicyclic amines) is 1. The molecule has 3 aliphatic rings. The van der Waals surface area contributed by atoms with Crippen LogP contribution in [0.15, 0.2) is 120 Å². The number of sulfonamides is 1. The molecule has 274 valence electrons. The van der Waals surface area contributed by atoms with E-state index in [4.69, 9.17) is 16.3 Å². The van der Waals surface area contributed by atoms with Crippen molar-refractivity contribution in [2.45, 2.75) is 56.2 Å². The van der Waals surface area contributed by atoms with Gasteiger partial charge in [0.15, 0.2) is 0 Å². The highest BCUT2D eigenvalue weighted by Crippen LogP contribution is 2.49. The molecule has 0 aromatic heterocycles. The maximum Gasteiger partial charge on any atom is 0.264 e. The number of ether oxygens (including phenoxy) is 1. The SMILES string of the molecule is C=C(C)[C@@H]1C[C@]1(NC(=O)[C@H]1CN(Cc2cccc3c2CCC=C3)C[C@@H]1Cc1ccc(Cl)cc1)C(=O)NS(=O)(=O)c1cccc(OCc2ccccc2)c1. The standard InChI is InChI=1S/C43H44ClN3O5S/c1-29(2)40-24-43(40,42(49)46-53(50,51)37-16-9-15-36(23-37)52-28-31-10-4-3-5-11-31)45-41(48)39-27-47(26-34(39)22-30-18-20-35(44)21-19-30)25-33-14-8-13-32-12-6-7-17-38(32)33/h3-6,8-16,18-21,23,34,39-40H,1,7,17,22,24-28H2,2H3,(H,45,48)(H,46,49)/t34-,39-,40-,43+/m0/s1. The van der Waals surface area contributed by atoms with E-state index in [0.717, 1.165) is 24.0 Å². The highest BCUT2D eigenvalue weighted by atomic mass is 35.5. The van der Waals surface area contributed by atoms with Crippen LogP contribution in [-0.2, 0) is 45.6 Å². The summed E-state index contributed by atoms with van der Waals surface area (Å²) in [5, 5.41) is 3.71. The number of allylic oxidation sites excluding steroid dienone is 1. The molecule has 10 heteroatoms. The van der Waals surface area contributed by atoms with Crippen molar-refractivity contribution in [1.29, 1.82) is 0 Å². The van der Waals surface area contributed by atoms with Crippen molar-refractivity contribution in [2.24, 2.45) is 17.8 Å². The average molecular weight is 750 g/mol. The predicted molar refractivity (Wildman–Crippen MR) is 208 cm³/mol. The number of rotatable bonds is 13. The molecule has 53 heavy (non-hydrogen) atoms. The Morgan fingerprint density at radius 1 is 0.962 bits per heavy atom. The summed E-state index contributed by atoms with van der Waals surface area (Å²) in [4.78, 5) is 30.6. The van der Waals surface area contributed by atoms with Crippen LogP contribution in [0.2, 0.25) is 5.02 Å². The third-order valence-electron chi connectivity index (χ3n) is 10.7. The maximum atomic E-state index is 14.4. The van der Waals surface area contributed by atoms with Crippen molar-refractivity contribution < 1.29 is 22.7 Å². The Bertz CT molecular complexity index is 2150. The number of nitrogens with zero attached hydrogens (tertiary/aromatic N) is 1. The molecular weight excluding hydrogens is 706 g/mol. The second-order valence-electron chi connectivity index (χ2n) is 14.6. The van der Waals surface area contributed by atoms with E-state index in [1.54, 1.807) is 19.1 Å². The first-order valence-electron chi connectivity index (χ1n) is 18.1. The molecule has 1 aliphatic heterocycles. The Morgan fingerprint density at radius 3 is 2.49 bits per heavy atom. The normalized spacial score (nSPS) is 22.1. The zero-order valence-corrected chi connectivity index (χ0v) is 31.3. The van der Waals surface area contributed by atoms with Gasteiger partial charge in [0.2, 0.25) is 5.91 Å². The molecular formula is C43H44ClN3O5S. The Balaban J connectivity index is 1.09. The Morgan fingerprint density at radius 2 is 1.74 bits per heavy atom. The summed E-state index contributed by atoms with van der Waals surface area (Å²) in [5.41, 5.74) is 5.13. The van der Waals surface area contributed by atoms with Crippen molar-refractivity contribution >= 4 is 39.5 Å². The number of carbonyl (C=O) groups excluding carboxylic acids is 2. The first-order valence-corrected chi connectivity index (χ1v) is 19.9. The summed E-state index contributed by atoms with van der Waals surface area (Å²) < 4.78 is 35.4. The van der Waals surface area contributed by atoms with Gasteiger partial charge in [0.05, 0.1) is 10.8 Å². The van der Waals surface area contributed by atoms with Gasteiger partial charge in [-0.3, -0.25) is 14.5 Å². The molecule has 4 aromatic rings. The van der Waals surface area contributed by atoms with E-state index in [2.05, 4.69) is 51.9 Å². The Labute approximate surface area is 317 Å². The van der Waals surface area contributed by atoms with Gasteiger partial charge in [0, 0.05) is 36.6 Å². The number of halogens is 1.